The zero-order valence-corrected chi connectivity index (χ0v) is 22.3. The fraction of sp³-hybridized carbons (Fsp3) is 0.414. The van der Waals surface area contributed by atoms with Crippen molar-refractivity contribution in [2.45, 2.75) is 74.0 Å². The maximum Gasteiger partial charge on any atom is 0.243 e. The number of imidazole rings is 1. The van der Waals surface area contributed by atoms with Crippen LogP contribution in [0.25, 0.3) is 0 Å². The summed E-state index contributed by atoms with van der Waals surface area (Å²) in [6.45, 7) is 16.2. The van der Waals surface area contributed by atoms with E-state index in [4.69, 9.17) is 0 Å². The minimum absolute atomic E-state index is 0.0190. The number of carbonyl (C=O) groups excluding carboxylic acids is 2. The molecule has 0 aliphatic carbocycles. The highest BCUT2D eigenvalue weighted by molar-refractivity contribution is 5.85. The molecule has 0 aliphatic rings. The molecule has 0 spiro atoms. The molecule has 3 rings (SSSR count). The van der Waals surface area contributed by atoms with E-state index in [1.807, 2.05) is 44.4 Å². The second-order valence-electron chi connectivity index (χ2n) is 9.72. The SMILES string of the molecule is Cc1ccc([C@@H](C)NC(=O)CN(C(=O)Cn2cnc(C)c2C)[C@@H](C)c2ccc(C)c(C)c2)cc1C. The Labute approximate surface area is 209 Å². The van der Waals surface area contributed by atoms with Crippen LogP contribution in [0.15, 0.2) is 42.7 Å². The smallest absolute Gasteiger partial charge is 0.243 e. The van der Waals surface area contributed by atoms with Gasteiger partial charge in [0.2, 0.25) is 11.8 Å². The van der Waals surface area contributed by atoms with Crippen molar-refractivity contribution in [1.29, 1.82) is 0 Å². The average Bonchev–Trinajstić information content (AvgIpc) is 3.12. The van der Waals surface area contributed by atoms with Gasteiger partial charge in [-0.05, 0) is 88.8 Å². The molecule has 2 atom stereocenters. The maximum atomic E-state index is 13.5. The van der Waals surface area contributed by atoms with E-state index in [1.165, 1.54) is 16.7 Å². The number of hydrogen-bond acceptors (Lipinski definition) is 3. The predicted octanol–water partition coefficient (Wildman–Crippen LogP) is 5.20. The molecular formula is C29H38N4O2. The van der Waals surface area contributed by atoms with Crippen LogP contribution < -0.4 is 5.32 Å². The molecular weight excluding hydrogens is 436 g/mol. The molecule has 0 unspecified atom stereocenters. The van der Waals surface area contributed by atoms with Gasteiger partial charge in [-0.1, -0.05) is 36.4 Å². The normalized spacial score (nSPS) is 12.8. The Morgan fingerprint density at radius 1 is 0.886 bits per heavy atom. The van der Waals surface area contributed by atoms with E-state index in [0.29, 0.717) is 0 Å². The summed E-state index contributed by atoms with van der Waals surface area (Å²) in [5.41, 5.74) is 8.67. The number of aromatic nitrogens is 2. The summed E-state index contributed by atoms with van der Waals surface area (Å²) in [7, 11) is 0. The lowest BCUT2D eigenvalue weighted by molar-refractivity contribution is -0.139. The summed E-state index contributed by atoms with van der Waals surface area (Å²) >= 11 is 0. The third kappa shape index (κ3) is 6.18. The lowest BCUT2D eigenvalue weighted by Gasteiger charge is -2.30. The van der Waals surface area contributed by atoms with Crippen LogP contribution in [-0.4, -0.2) is 32.8 Å². The van der Waals surface area contributed by atoms with Crippen LogP contribution >= 0.6 is 0 Å². The molecule has 35 heavy (non-hydrogen) atoms. The van der Waals surface area contributed by atoms with Gasteiger partial charge < -0.3 is 14.8 Å². The van der Waals surface area contributed by atoms with E-state index in [-0.39, 0.29) is 37.0 Å². The molecule has 0 bridgehead atoms. The van der Waals surface area contributed by atoms with Crippen LogP contribution in [0.2, 0.25) is 0 Å². The number of benzene rings is 2. The molecule has 0 aliphatic heterocycles. The fourth-order valence-electron chi connectivity index (χ4n) is 4.14. The van der Waals surface area contributed by atoms with E-state index in [0.717, 1.165) is 28.1 Å². The van der Waals surface area contributed by atoms with E-state index in [9.17, 15) is 9.59 Å². The van der Waals surface area contributed by atoms with Crippen molar-refractivity contribution in [3.8, 4) is 0 Å². The van der Waals surface area contributed by atoms with Crippen molar-refractivity contribution in [3.05, 3.63) is 87.5 Å². The van der Waals surface area contributed by atoms with Crippen LogP contribution in [0.1, 0.15) is 70.7 Å². The summed E-state index contributed by atoms with van der Waals surface area (Å²) in [6, 6.07) is 12.0. The first-order valence-corrected chi connectivity index (χ1v) is 12.2. The minimum atomic E-state index is -0.255. The van der Waals surface area contributed by atoms with Crippen molar-refractivity contribution in [1.82, 2.24) is 19.8 Å². The number of hydrogen-bond donors (Lipinski definition) is 1. The number of nitrogens with zero attached hydrogens (tertiary/aromatic N) is 3. The van der Waals surface area contributed by atoms with E-state index >= 15 is 0 Å². The summed E-state index contributed by atoms with van der Waals surface area (Å²) < 4.78 is 1.84. The second-order valence-corrected chi connectivity index (χ2v) is 9.72. The highest BCUT2D eigenvalue weighted by Gasteiger charge is 2.26. The minimum Gasteiger partial charge on any atom is -0.348 e. The van der Waals surface area contributed by atoms with Crippen molar-refractivity contribution in [3.63, 3.8) is 0 Å². The average molecular weight is 475 g/mol. The Balaban J connectivity index is 1.82. The predicted molar refractivity (Wildman–Crippen MR) is 140 cm³/mol. The molecule has 6 nitrogen and oxygen atoms in total. The molecule has 0 saturated carbocycles. The van der Waals surface area contributed by atoms with Crippen molar-refractivity contribution < 1.29 is 9.59 Å². The largest absolute Gasteiger partial charge is 0.348 e. The van der Waals surface area contributed by atoms with Gasteiger partial charge in [0.05, 0.1) is 24.1 Å². The highest BCUT2D eigenvalue weighted by atomic mass is 16.2. The molecule has 6 heteroatoms. The molecule has 1 heterocycles. The van der Waals surface area contributed by atoms with Gasteiger partial charge in [0.1, 0.15) is 13.1 Å². The molecule has 2 amide bonds. The number of amides is 2. The molecule has 2 aromatic carbocycles. The van der Waals surface area contributed by atoms with Gasteiger partial charge in [-0.15, -0.1) is 0 Å². The summed E-state index contributed by atoms with van der Waals surface area (Å²) in [4.78, 5) is 32.6. The Bertz CT molecular complexity index is 1230. The lowest BCUT2D eigenvalue weighted by Crippen LogP contribution is -2.44. The molecule has 1 aromatic heterocycles. The van der Waals surface area contributed by atoms with Crippen molar-refractivity contribution >= 4 is 11.8 Å². The van der Waals surface area contributed by atoms with Gasteiger partial charge >= 0.3 is 0 Å². The van der Waals surface area contributed by atoms with E-state index in [2.05, 4.69) is 62.3 Å². The second kappa shape index (κ2) is 10.9. The first-order chi connectivity index (χ1) is 16.5. The summed E-state index contributed by atoms with van der Waals surface area (Å²) in [6.07, 6.45) is 1.68. The number of aryl methyl sites for hydroxylation is 5. The van der Waals surface area contributed by atoms with Gasteiger partial charge in [0.15, 0.2) is 0 Å². The summed E-state index contributed by atoms with van der Waals surface area (Å²) in [5.74, 6) is -0.302. The monoisotopic (exact) mass is 474 g/mol. The standard InChI is InChI=1S/C29H38N4O2/c1-18-9-11-26(13-20(18)3)23(6)31-28(34)15-33(25(8)27-12-10-19(2)21(4)14-27)29(35)16-32-17-30-22(5)24(32)7/h9-14,17,23,25H,15-16H2,1-8H3,(H,31,34)/t23-,25+/m1/s1. The zero-order chi connectivity index (χ0) is 25.9. The van der Waals surface area contributed by atoms with E-state index < -0.39 is 0 Å². The topological polar surface area (TPSA) is 67.2 Å². The number of carbonyl (C=O) groups is 2. The van der Waals surface area contributed by atoms with Gasteiger partial charge in [-0.25, -0.2) is 4.98 Å². The fourth-order valence-corrected chi connectivity index (χ4v) is 4.14. The molecule has 1 N–H and O–H groups in total. The Hall–Kier alpha value is -3.41. The van der Waals surface area contributed by atoms with Gasteiger partial charge in [-0.2, -0.15) is 0 Å². The molecule has 0 saturated heterocycles. The summed E-state index contributed by atoms with van der Waals surface area (Å²) in [5, 5.41) is 3.08. The Kier molecular flexibility index (Phi) is 8.15. The first kappa shape index (κ1) is 26.2. The van der Waals surface area contributed by atoms with Gasteiger partial charge in [-0.3, -0.25) is 9.59 Å². The quantitative estimate of drug-likeness (QED) is 0.488. The molecule has 0 radical (unpaired) electrons. The maximum absolute atomic E-state index is 13.5. The Morgan fingerprint density at radius 3 is 2.00 bits per heavy atom. The first-order valence-electron chi connectivity index (χ1n) is 12.2. The van der Waals surface area contributed by atoms with Crippen LogP contribution in [0.5, 0.6) is 0 Å². The van der Waals surface area contributed by atoms with Crippen molar-refractivity contribution in [2.75, 3.05) is 6.54 Å². The third-order valence-corrected chi connectivity index (χ3v) is 7.17. The lowest BCUT2D eigenvalue weighted by atomic mass is 10.0. The van der Waals surface area contributed by atoms with Crippen LogP contribution in [0.4, 0.5) is 0 Å². The van der Waals surface area contributed by atoms with E-state index in [1.54, 1.807) is 11.2 Å². The third-order valence-electron chi connectivity index (χ3n) is 7.17. The van der Waals surface area contributed by atoms with Crippen LogP contribution in [-0.2, 0) is 16.1 Å². The molecule has 186 valence electrons. The van der Waals surface area contributed by atoms with Crippen LogP contribution in [0, 0.1) is 41.5 Å². The number of rotatable bonds is 8. The highest BCUT2D eigenvalue weighted by Crippen LogP contribution is 2.24. The molecule has 0 fully saturated rings. The van der Waals surface area contributed by atoms with Crippen LogP contribution in [0.3, 0.4) is 0 Å². The Morgan fingerprint density at radius 2 is 1.46 bits per heavy atom. The number of nitrogens with one attached hydrogen (secondary N) is 1. The molecule has 3 aromatic rings. The van der Waals surface area contributed by atoms with Gasteiger partial charge in [0.25, 0.3) is 0 Å². The van der Waals surface area contributed by atoms with Gasteiger partial charge in [0, 0.05) is 5.69 Å². The van der Waals surface area contributed by atoms with Crippen molar-refractivity contribution in [2.24, 2.45) is 0 Å². The zero-order valence-electron chi connectivity index (χ0n) is 22.3.